The van der Waals surface area contributed by atoms with Gasteiger partial charge in [0.2, 0.25) is 5.91 Å². The van der Waals surface area contributed by atoms with E-state index in [1.807, 2.05) is 13.8 Å². The summed E-state index contributed by atoms with van der Waals surface area (Å²) in [6.45, 7) is 8.01. The van der Waals surface area contributed by atoms with Crippen LogP contribution in [0.15, 0.2) is 0 Å². The van der Waals surface area contributed by atoms with Crippen LogP contribution in [0, 0.1) is 12.8 Å². The van der Waals surface area contributed by atoms with Gasteiger partial charge in [-0.1, -0.05) is 13.8 Å². The Morgan fingerprint density at radius 2 is 2.05 bits per heavy atom. The number of hydrogen-bond donors (Lipinski definition) is 2. The number of ether oxygens (including phenoxy) is 1. The normalized spacial score (nSPS) is 12.1. The third-order valence-corrected chi connectivity index (χ3v) is 4.14. The van der Waals surface area contributed by atoms with Crippen molar-refractivity contribution >= 4 is 28.2 Å². The molecule has 1 heterocycles. The molecule has 0 aliphatic heterocycles. The SMILES string of the molecule is CCOC(=O)c1c(NC(=O)C(C)CN)sc(C)c1CC. The van der Waals surface area contributed by atoms with Crippen molar-refractivity contribution in [3.05, 3.63) is 16.0 Å². The van der Waals surface area contributed by atoms with E-state index in [-0.39, 0.29) is 24.3 Å². The quantitative estimate of drug-likeness (QED) is 0.790. The molecule has 0 fully saturated rings. The number of esters is 1. The molecule has 1 atom stereocenters. The van der Waals surface area contributed by atoms with E-state index in [0.29, 0.717) is 17.2 Å². The monoisotopic (exact) mass is 298 g/mol. The highest BCUT2D eigenvalue weighted by Crippen LogP contribution is 2.34. The largest absolute Gasteiger partial charge is 0.462 e. The summed E-state index contributed by atoms with van der Waals surface area (Å²) in [5.41, 5.74) is 6.90. The molecule has 0 aromatic carbocycles. The second kappa shape index (κ2) is 7.40. The molecule has 5 nitrogen and oxygen atoms in total. The zero-order valence-electron chi connectivity index (χ0n) is 12.4. The molecule has 0 radical (unpaired) electrons. The first-order valence-electron chi connectivity index (χ1n) is 6.76. The molecule has 0 aliphatic carbocycles. The third kappa shape index (κ3) is 3.58. The molecule has 3 N–H and O–H groups in total. The van der Waals surface area contributed by atoms with Crippen LogP contribution in [-0.2, 0) is 16.0 Å². The number of carbonyl (C=O) groups is 2. The number of rotatable bonds is 6. The molecule has 1 amide bonds. The van der Waals surface area contributed by atoms with Crippen LogP contribution in [-0.4, -0.2) is 25.0 Å². The standard InChI is InChI=1S/C14H22N2O3S/c1-5-10-9(4)20-13(11(10)14(18)19-6-2)16-12(17)8(3)7-15/h8H,5-7,15H2,1-4H3,(H,16,17). The van der Waals surface area contributed by atoms with Gasteiger partial charge in [-0.3, -0.25) is 4.79 Å². The molecule has 20 heavy (non-hydrogen) atoms. The minimum absolute atomic E-state index is 0.179. The molecular formula is C14H22N2O3S. The van der Waals surface area contributed by atoms with Crippen molar-refractivity contribution in [2.24, 2.45) is 11.7 Å². The van der Waals surface area contributed by atoms with Crippen molar-refractivity contribution in [3.63, 3.8) is 0 Å². The lowest BCUT2D eigenvalue weighted by Gasteiger charge is -2.10. The van der Waals surface area contributed by atoms with E-state index in [4.69, 9.17) is 10.5 Å². The highest BCUT2D eigenvalue weighted by atomic mass is 32.1. The van der Waals surface area contributed by atoms with Crippen molar-refractivity contribution in [2.45, 2.75) is 34.1 Å². The summed E-state index contributed by atoms with van der Waals surface area (Å²) in [4.78, 5) is 25.1. The van der Waals surface area contributed by atoms with Crippen LogP contribution in [0.3, 0.4) is 0 Å². The number of thiophene rings is 1. The van der Waals surface area contributed by atoms with E-state index in [2.05, 4.69) is 5.32 Å². The fourth-order valence-corrected chi connectivity index (χ4v) is 2.99. The maximum atomic E-state index is 12.1. The Morgan fingerprint density at radius 3 is 2.55 bits per heavy atom. The molecule has 6 heteroatoms. The summed E-state index contributed by atoms with van der Waals surface area (Å²) in [7, 11) is 0. The lowest BCUT2D eigenvalue weighted by molar-refractivity contribution is -0.119. The van der Waals surface area contributed by atoms with Crippen molar-refractivity contribution in [1.29, 1.82) is 0 Å². The van der Waals surface area contributed by atoms with Crippen LogP contribution in [0.1, 0.15) is 41.6 Å². The Balaban J connectivity index is 3.12. The maximum Gasteiger partial charge on any atom is 0.341 e. The minimum Gasteiger partial charge on any atom is -0.462 e. The topological polar surface area (TPSA) is 81.4 Å². The Bertz CT molecular complexity index is 497. The molecule has 1 rings (SSSR count). The number of nitrogens with two attached hydrogens (primary N) is 1. The summed E-state index contributed by atoms with van der Waals surface area (Å²) in [6, 6.07) is 0. The van der Waals surface area contributed by atoms with Crippen LogP contribution >= 0.6 is 11.3 Å². The van der Waals surface area contributed by atoms with Gasteiger partial charge < -0.3 is 15.8 Å². The summed E-state index contributed by atoms with van der Waals surface area (Å²) in [6.07, 6.45) is 0.721. The Hall–Kier alpha value is -1.40. The van der Waals surface area contributed by atoms with E-state index < -0.39 is 0 Å². The van der Waals surface area contributed by atoms with Gasteiger partial charge in [0.15, 0.2) is 0 Å². The minimum atomic E-state index is -0.385. The molecule has 0 saturated carbocycles. The van der Waals surface area contributed by atoms with Gasteiger partial charge in [-0.25, -0.2) is 4.79 Å². The first-order chi connectivity index (χ1) is 9.46. The third-order valence-electron chi connectivity index (χ3n) is 3.08. The van der Waals surface area contributed by atoms with Gasteiger partial charge in [-0.05, 0) is 25.8 Å². The highest BCUT2D eigenvalue weighted by molar-refractivity contribution is 7.16. The van der Waals surface area contributed by atoms with E-state index in [0.717, 1.165) is 16.9 Å². The number of aryl methyl sites for hydroxylation is 1. The number of hydrogen-bond acceptors (Lipinski definition) is 5. The summed E-state index contributed by atoms with van der Waals surface area (Å²) in [5, 5.41) is 3.35. The molecule has 0 saturated heterocycles. The summed E-state index contributed by atoms with van der Waals surface area (Å²) < 4.78 is 5.08. The molecule has 0 bridgehead atoms. The smallest absolute Gasteiger partial charge is 0.341 e. The average molecular weight is 298 g/mol. The van der Waals surface area contributed by atoms with E-state index in [1.54, 1.807) is 13.8 Å². The second-order valence-corrected chi connectivity index (χ2v) is 5.77. The van der Waals surface area contributed by atoms with Crippen molar-refractivity contribution in [1.82, 2.24) is 0 Å². The number of amides is 1. The van der Waals surface area contributed by atoms with Gasteiger partial charge in [0, 0.05) is 17.3 Å². The predicted molar refractivity (Wildman–Crippen MR) is 81.2 cm³/mol. The Labute approximate surface area is 123 Å². The van der Waals surface area contributed by atoms with Crippen LogP contribution in [0.2, 0.25) is 0 Å². The zero-order chi connectivity index (χ0) is 15.3. The molecule has 112 valence electrons. The van der Waals surface area contributed by atoms with Crippen LogP contribution < -0.4 is 11.1 Å². The molecular weight excluding hydrogens is 276 g/mol. The Morgan fingerprint density at radius 1 is 1.40 bits per heavy atom. The molecule has 1 aromatic heterocycles. The molecule has 0 spiro atoms. The van der Waals surface area contributed by atoms with Gasteiger partial charge in [0.05, 0.1) is 12.2 Å². The first kappa shape index (κ1) is 16.7. The predicted octanol–water partition coefficient (Wildman–Crippen LogP) is 2.33. The second-order valence-electron chi connectivity index (χ2n) is 4.54. The van der Waals surface area contributed by atoms with Gasteiger partial charge in [-0.2, -0.15) is 0 Å². The first-order valence-corrected chi connectivity index (χ1v) is 7.58. The van der Waals surface area contributed by atoms with Crippen LogP contribution in [0.4, 0.5) is 5.00 Å². The fraction of sp³-hybridized carbons (Fsp3) is 0.571. The van der Waals surface area contributed by atoms with E-state index in [9.17, 15) is 9.59 Å². The summed E-state index contributed by atoms with van der Waals surface area (Å²) >= 11 is 1.40. The lowest BCUT2D eigenvalue weighted by atomic mass is 10.1. The van der Waals surface area contributed by atoms with Gasteiger partial charge in [0.25, 0.3) is 0 Å². The van der Waals surface area contributed by atoms with E-state index >= 15 is 0 Å². The maximum absolute atomic E-state index is 12.1. The van der Waals surface area contributed by atoms with Crippen molar-refractivity contribution in [3.8, 4) is 0 Å². The molecule has 1 aromatic rings. The van der Waals surface area contributed by atoms with Gasteiger partial charge >= 0.3 is 5.97 Å². The average Bonchev–Trinajstić information content (AvgIpc) is 2.73. The molecule has 0 aliphatic rings. The number of anilines is 1. The highest BCUT2D eigenvalue weighted by Gasteiger charge is 2.24. The van der Waals surface area contributed by atoms with Gasteiger partial charge in [-0.15, -0.1) is 11.3 Å². The van der Waals surface area contributed by atoms with Crippen molar-refractivity contribution < 1.29 is 14.3 Å². The van der Waals surface area contributed by atoms with E-state index in [1.165, 1.54) is 11.3 Å². The fourth-order valence-electron chi connectivity index (χ4n) is 1.85. The lowest BCUT2D eigenvalue weighted by Crippen LogP contribution is -2.27. The Kier molecular flexibility index (Phi) is 6.16. The number of nitrogens with one attached hydrogen (secondary N) is 1. The number of carbonyl (C=O) groups excluding carboxylic acids is 2. The van der Waals surface area contributed by atoms with Crippen LogP contribution in [0.25, 0.3) is 0 Å². The summed E-state index contributed by atoms with van der Waals surface area (Å²) in [5.74, 6) is -0.858. The van der Waals surface area contributed by atoms with Gasteiger partial charge in [0.1, 0.15) is 5.00 Å². The zero-order valence-corrected chi connectivity index (χ0v) is 13.2. The van der Waals surface area contributed by atoms with Crippen LogP contribution in [0.5, 0.6) is 0 Å². The van der Waals surface area contributed by atoms with Crippen molar-refractivity contribution in [2.75, 3.05) is 18.5 Å². The molecule has 1 unspecified atom stereocenters.